The van der Waals surface area contributed by atoms with Crippen molar-refractivity contribution in [2.75, 3.05) is 6.26 Å². The predicted octanol–water partition coefficient (Wildman–Crippen LogP) is 4.71. The molecular weight excluding hydrogens is 314 g/mol. The third-order valence-electron chi connectivity index (χ3n) is 5.08. The molecule has 1 aliphatic carbocycles. The van der Waals surface area contributed by atoms with Crippen molar-refractivity contribution >= 4 is 10.8 Å². The van der Waals surface area contributed by atoms with Gasteiger partial charge in [0.25, 0.3) is 0 Å². The Morgan fingerprint density at radius 1 is 0.875 bits per heavy atom. The lowest BCUT2D eigenvalue weighted by Gasteiger charge is -2.23. The maximum atomic E-state index is 11.5. The van der Waals surface area contributed by atoms with E-state index in [9.17, 15) is 4.21 Å². The van der Waals surface area contributed by atoms with Crippen molar-refractivity contribution in [3.63, 3.8) is 0 Å². The molecule has 3 unspecified atom stereocenters. The number of aryl methyl sites for hydroxylation is 2. The van der Waals surface area contributed by atoms with Crippen molar-refractivity contribution in [3.8, 4) is 0 Å². The molecule has 0 radical (unpaired) electrons. The number of hydrogen-bond acceptors (Lipinski definition) is 2. The topological polar surface area (TPSA) is 29.1 Å². The second-order valence-electron chi connectivity index (χ2n) is 6.87. The van der Waals surface area contributed by atoms with Crippen LogP contribution in [-0.2, 0) is 23.6 Å². The molecule has 1 aliphatic rings. The summed E-state index contributed by atoms with van der Waals surface area (Å²) in [4.78, 5) is 0.883. The third kappa shape index (κ3) is 3.96. The molecule has 0 aromatic heterocycles. The second-order valence-corrected chi connectivity index (χ2v) is 8.25. The highest BCUT2D eigenvalue weighted by molar-refractivity contribution is 7.84. The summed E-state index contributed by atoms with van der Waals surface area (Å²) in [6.07, 6.45) is 6.82. The van der Waals surface area contributed by atoms with Gasteiger partial charge in [-0.05, 0) is 73.9 Å². The molecule has 3 atom stereocenters. The van der Waals surface area contributed by atoms with E-state index in [-0.39, 0.29) is 6.04 Å². The van der Waals surface area contributed by atoms with Crippen LogP contribution >= 0.6 is 0 Å². The minimum atomic E-state index is -0.913. The summed E-state index contributed by atoms with van der Waals surface area (Å²) in [7, 11) is -0.913. The molecule has 1 N–H and O–H groups in total. The van der Waals surface area contributed by atoms with Crippen molar-refractivity contribution in [3.05, 3.63) is 64.7 Å². The first-order valence-corrected chi connectivity index (χ1v) is 10.4. The van der Waals surface area contributed by atoms with Gasteiger partial charge in [0.1, 0.15) is 0 Å². The standard InChI is InChI=1S/C21H27NOS/c1-15(17-10-12-21(13-11-17)24(3)23)22-16(2)19-9-8-18-6-4-5-7-20(18)14-19/h8-16,22H,4-7H2,1-3H3. The molecule has 3 rings (SSSR count). The highest BCUT2D eigenvalue weighted by atomic mass is 32.2. The van der Waals surface area contributed by atoms with Crippen LogP contribution in [0.1, 0.15) is 61.0 Å². The second kappa shape index (κ2) is 7.62. The van der Waals surface area contributed by atoms with Crippen molar-refractivity contribution in [1.29, 1.82) is 0 Å². The monoisotopic (exact) mass is 341 g/mol. The van der Waals surface area contributed by atoms with Gasteiger partial charge in [0.05, 0.1) is 0 Å². The van der Waals surface area contributed by atoms with Crippen LogP contribution < -0.4 is 5.32 Å². The van der Waals surface area contributed by atoms with Crippen LogP contribution in [0.4, 0.5) is 0 Å². The fourth-order valence-electron chi connectivity index (χ4n) is 3.54. The number of nitrogens with one attached hydrogen (secondary N) is 1. The van der Waals surface area contributed by atoms with E-state index in [1.165, 1.54) is 47.9 Å². The van der Waals surface area contributed by atoms with Gasteiger partial charge >= 0.3 is 0 Å². The summed E-state index contributed by atoms with van der Waals surface area (Å²) < 4.78 is 11.5. The molecular formula is C21H27NOS. The molecule has 2 aromatic rings. The summed E-state index contributed by atoms with van der Waals surface area (Å²) in [5.74, 6) is 0. The van der Waals surface area contributed by atoms with Crippen LogP contribution in [0.25, 0.3) is 0 Å². The van der Waals surface area contributed by atoms with Gasteiger partial charge in [-0.1, -0.05) is 30.3 Å². The Bertz CT molecular complexity index is 723. The Morgan fingerprint density at radius 3 is 2.12 bits per heavy atom. The maximum Gasteiger partial charge on any atom is 0.0498 e. The van der Waals surface area contributed by atoms with E-state index in [1.54, 1.807) is 6.26 Å². The van der Waals surface area contributed by atoms with Crippen LogP contribution in [-0.4, -0.2) is 10.5 Å². The minimum Gasteiger partial charge on any atom is -0.304 e. The fraction of sp³-hybridized carbons (Fsp3) is 0.429. The zero-order valence-electron chi connectivity index (χ0n) is 14.8. The highest BCUT2D eigenvalue weighted by Gasteiger charge is 2.15. The lowest BCUT2D eigenvalue weighted by molar-refractivity contribution is 0.493. The summed E-state index contributed by atoms with van der Waals surface area (Å²) in [6.45, 7) is 4.42. The van der Waals surface area contributed by atoms with E-state index in [2.05, 4.69) is 49.5 Å². The van der Waals surface area contributed by atoms with Crippen molar-refractivity contribution < 1.29 is 4.21 Å². The smallest absolute Gasteiger partial charge is 0.0498 e. The Labute approximate surface area is 148 Å². The van der Waals surface area contributed by atoms with E-state index in [1.807, 2.05) is 12.1 Å². The predicted molar refractivity (Wildman–Crippen MR) is 102 cm³/mol. The van der Waals surface area contributed by atoms with E-state index in [4.69, 9.17) is 0 Å². The zero-order chi connectivity index (χ0) is 17.1. The average molecular weight is 342 g/mol. The van der Waals surface area contributed by atoms with Gasteiger partial charge in [0, 0.05) is 34.0 Å². The largest absolute Gasteiger partial charge is 0.304 e. The van der Waals surface area contributed by atoms with Gasteiger partial charge in [-0.25, -0.2) is 0 Å². The lowest BCUT2D eigenvalue weighted by Crippen LogP contribution is -2.22. The molecule has 24 heavy (non-hydrogen) atoms. The van der Waals surface area contributed by atoms with E-state index in [0.29, 0.717) is 6.04 Å². The van der Waals surface area contributed by atoms with Crippen LogP contribution in [0.3, 0.4) is 0 Å². The van der Waals surface area contributed by atoms with Crippen molar-refractivity contribution in [1.82, 2.24) is 5.32 Å². The van der Waals surface area contributed by atoms with Crippen molar-refractivity contribution in [2.45, 2.75) is 56.5 Å². The molecule has 128 valence electrons. The Kier molecular flexibility index (Phi) is 5.52. The van der Waals surface area contributed by atoms with Gasteiger partial charge in [-0.2, -0.15) is 0 Å². The van der Waals surface area contributed by atoms with Gasteiger partial charge < -0.3 is 5.32 Å². The zero-order valence-corrected chi connectivity index (χ0v) is 15.7. The van der Waals surface area contributed by atoms with Crippen LogP contribution in [0.2, 0.25) is 0 Å². The maximum absolute atomic E-state index is 11.5. The summed E-state index contributed by atoms with van der Waals surface area (Å²) >= 11 is 0. The van der Waals surface area contributed by atoms with Crippen LogP contribution in [0.5, 0.6) is 0 Å². The SMILES string of the molecule is CC(NC(C)c1ccc2c(c1)CCCC2)c1ccc(S(C)=O)cc1. The molecule has 0 fully saturated rings. The molecule has 0 saturated carbocycles. The molecule has 0 bridgehead atoms. The molecule has 0 spiro atoms. The lowest BCUT2D eigenvalue weighted by atomic mass is 9.89. The number of rotatable bonds is 5. The highest BCUT2D eigenvalue weighted by Crippen LogP contribution is 2.26. The fourth-order valence-corrected chi connectivity index (χ4v) is 4.06. The Balaban J connectivity index is 1.69. The van der Waals surface area contributed by atoms with E-state index in [0.717, 1.165) is 4.90 Å². The summed E-state index contributed by atoms with van der Waals surface area (Å²) in [5.41, 5.74) is 5.67. The first kappa shape index (κ1) is 17.4. The molecule has 0 heterocycles. The average Bonchev–Trinajstić information content (AvgIpc) is 2.61. The van der Waals surface area contributed by atoms with Crippen LogP contribution in [0, 0.1) is 0 Å². The van der Waals surface area contributed by atoms with Gasteiger partial charge in [-0.15, -0.1) is 0 Å². The van der Waals surface area contributed by atoms with Gasteiger partial charge in [0.2, 0.25) is 0 Å². The molecule has 0 saturated heterocycles. The first-order valence-electron chi connectivity index (χ1n) is 8.85. The van der Waals surface area contributed by atoms with E-state index >= 15 is 0 Å². The Hall–Kier alpha value is -1.45. The molecule has 2 aromatic carbocycles. The number of fused-ring (bicyclic) bond motifs is 1. The molecule has 3 heteroatoms. The third-order valence-corrected chi connectivity index (χ3v) is 6.02. The number of benzene rings is 2. The molecule has 0 aliphatic heterocycles. The van der Waals surface area contributed by atoms with Gasteiger partial charge in [-0.3, -0.25) is 4.21 Å². The van der Waals surface area contributed by atoms with Gasteiger partial charge in [0.15, 0.2) is 0 Å². The Morgan fingerprint density at radius 2 is 1.46 bits per heavy atom. The van der Waals surface area contributed by atoms with Crippen LogP contribution in [0.15, 0.2) is 47.4 Å². The molecule has 2 nitrogen and oxygen atoms in total. The molecule has 0 amide bonds. The quantitative estimate of drug-likeness (QED) is 0.853. The number of hydrogen-bond donors (Lipinski definition) is 1. The van der Waals surface area contributed by atoms with E-state index < -0.39 is 10.8 Å². The normalized spacial score (nSPS) is 17.8. The summed E-state index contributed by atoms with van der Waals surface area (Å²) in [6, 6.07) is 15.6. The van der Waals surface area contributed by atoms with Crippen molar-refractivity contribution in [2.24, 2.45) is 0 Å². The first-order chi connectivity index (χ1) is 11.5. The summed E-state index contributed by atoms with van der Waals surface area (Å²) in [5, 5.41) is 3.69. The minimum absolute atomic E-state index is 0.260.